The van der Waals surface area contributed by atoms with Crippen LogP contribution in [0.5, 0.6) is 0 Å². The molecular formula is C15H24N4O4S. The monoisotopic (exact) mass is 356 g/mol. The fraction of sp³-hybridized carbons (Fsp3) is 0.600. The van der Waals surface area contributed by atoms with Crippen molar-refractivity contribution in [1.82, 2.24) is 14.9 Å². The number of piperazine rings is 1. The van der Waals surface area contributed by atoms with Crippen LogP contribution < -0.4 is 10.0 Å². The van der Waals surface area contributed by atoms with Gasteiger partial charge in [0.1, 0.15) is 0 Å². The van der Waals surface area contributed by atoms with Crippen LogP contribution in [0.4, 0.5) is 5.69 Å². The fourth-order valence-corrected chi connectivity index (χ4v) is 4.15. The normalized spacial score (nSPS) is 16.2. The zero-order chi connectivity index (χ0) is 17.7. The van der Waals surface area contributed by atoms with E-state index in [2.05, 4.69) is 14.9 Å². The van der Waals surface area contributed by atoms with Gasteiger partial charge in [-0.1, -0.05) is 0 Å². The SMILES string of the molecule is Cc1cc(C)c(S(=O)(=O)NCCCN2CCNCC2)cc1[N+](=O)[O-]. The van der Waals surface area contributed by atoms with Crippen LogP contribution in [0.25, 0.3) is 0 Å². The quantitative estimate of drug-likeness (QED) is 0.425. The number of rotatable bonds is 7. The van der Waals surface area contributed by atoms with Crippen LogP contribution in [0.3, 0.4) is 0 Å². The molecule has 8 nitrogen and oxygen atoms in total. The second-order valence-corrected chi connectivity index (χ2v) is 7.74. The van der Waals surface area contributed by atoms with Crippen molar-refractivity contribution in [3.05, 3.63) is 33.4 Å². The highest BCUT2D eigenvalue weighted by atomic mass is 32.2. The molecule has 1 aliphatic heterocycles. The van der Waals surface area contributed by atoms with E-state index in [1.165, 1.54) is 6.07 Å². The minimum Gasteiger partial charge on any atom is -0.314 e. The molecule has 2 rings (SSSR count). The molecule has 0 amide bonds. The van der Waals surface area contributed by atoms with Crippen LogP contribution in [0.1, 0.15) is 17.5 Å². The van der Waals surface area contributed by atoms with Crippen LogP contribution >= 0.6 is 0 Å². The summed E-state index contributed by atoms with van der Waals surface area (Å²) in [7, 11) is -3.75. The summed E-state index contributed by atoms with van der Waals surface area (Å²) in [5.41, 5.74) is 0.782. The van der Waals surface area contributed by atoms with Gasteiger partial charge in [0.25, 0.3) is 5.69 Å². The third-order valence-electron chi connectivity index (χ3n) is 4.13. The summed E-state index contributed by atoms with van der Waals surface area (Å²) in [6.45, 7) is 8.24. The fourth-order valence-electron chi connectivity index (χ4n) is 2.83. The van der Waals surface area contributed by atoms with Crippen LogP contribution in [-0.4, -0.2) is 57.5 Å². The maximum absolute atomic E-state index is 12.4. The molecule has 1 fully saturated rings. The van der Waals surface area contributed by atoms with Gasteiger partial charge in [-0.25, -0.2) is 13.1 Å². The molecule has 0 aliphatic carbocycles. The van der Waals surface area contributed by atoms with E-state index in [1.807, 2.05) is 0 Å². The first-order valence-electron chi connectivity index (χ1n) is 7.99. The highest BCUT2D eigenvalue weighted by molar-refractivity contribution is 7.89. The summed E-state index contributed by atoms with van der Waals surface area (Å²) < 4.78 is 27.4. The second-order valence-electron chi connectivity index (χ2n) is 6.00. The zero-order valence-electron chi connectivity index (χ0n) is 14.0. The molecular weight excluding hydrogens is 332 g/mol. The molecule has 0 radical (unpaired) electrons. The molecule has 1 aliphatic rings. The Bertz CT molecular complexity index is 700. The van der Waals surface area contributed by atoms with Gasteiger partial charge in [0.15, 0.2) is 0 Å². The van der Waals surface area contributed by atoms with Crippen molar-refractivity contribution >= 4 is 15.7 Å². The van der Waals surface area contributed by atoms with Crippen molar-refractivity contribution in [2.45, 2.75) is 25.2 Å². The lowest BCUT2D eigenvalue weighted by atomic mass is 10.1. The number of benzene rings is 1. The number of hydrogen-bond donors (Lipinski definition) is 2. The number of nitrogens with zero attached hydrogens (tertiary/aromatic N) is 2. The predicted octanol–water partition coefficient (Wildman–Crippen LogP) is 0.785. The number of nitrogens with one attached hydrogen (secondary N) is 2. The number of nitro benzene ring substituents is 1. The van der Waals surface area contributed by atoms with Crippen LogP contribution in [0.2, 0.25) is 0 Å². The van der Waals surface area contributed by atoms with Crippen molar-refractivity contribution in [3.63, 3.8) is 0 Å². The van der Waals surface area contributed by atoms with Gasteiger partial charge in [0, 0.05) is 44.4 Å². The lowest BCUT2D eigenvalue weighted by Crippen LogP contribution is -2.44. The molecule has 2 N–H and O–H groups in total. The molecule has 0 atom stereocenters. The second kappa shape index (κ2) is 8.02. The lowest BCUT2D eigenvalue weighted by Gasteiger charge is -2.27. The number of hydrogen-bond acceptors (Lipinski definition) is 6. The lowest BCUT2D eigenvalue weighted by molar-refractivity contribution is -0.385. The van der Waals surface area contributed by atoms with Crippen molar-refractivity contribution in [2.75, 3.05) is 39.3 Å². The molecule has 1 aromatic rings. The van der Waals surface area contributed by atoms with Crippen molar-refractivity contribution < 1.29 is 13.3 Å². The van der Waals surface area contributed by atoms with Gasteiger partial charge >= 0.3 is 0 Å². The Hall–Kier alpha value is -1.55. The highest BCUT2D eigenvalue weighted by Gasteiger charge is 2.22. The summed E-state index contributed by atoms with van der Waals surface area (Å²) in [6.07, 6.45) is 0.701. The van der Waals surface area contributed by atoms with E-state index >= 15 is 0 Å². The van der Waals surface area contributed by atoms with Gasteiger partial charge in [-0.2, -0.15) is 0 Å². The van der Waals surface area contributed by atoms with Crippen molar-refractivity contribution in [1.29, 1.82) is 0 Å². The Morgan fingerprint density at radius 3 is 2.54 bits per heavy atom. The first kappa shape index (κ1) is 18.8. The zero-order valence-corrected chi connectivity index (χ0v) is 14.9. The largest absolute Gasteiger partial charge is 0.314 e. The Balaban J connectivity index is 1.99. The van der Waals surface area contributed by atoms with E-state index in [9.17, 15) is 18.5 Å². The number of sulfonamides is 1. The molecule has 9 heteroatoms. The van der Waals surface area contributed by atoms with Gasteiger partial charge in [-0.05, 0) is 38.4 Å². The molecule has 1 heterocycles. The van der Waals surface area contributed by atoms with E-state index in [0.717, 1.165) is 38.8 Å². The Labute approximate surface area is 142 Å². The summed E-state index contributed by atoms with van der Waals surface area (Å²) in [5, 5.41) is 14.3. The van der Waals surface area contributed by atoms with E-state index in [-0.39, 0.29) is 10.6 Å². The smallest absolute Gasteiger partial charge is 0.273 e. The summed E-state index contributed by atoms with van der Waals surface area (Å²) in [5.74, 6) is 0. The Morgan fingerprint density at radius 1 is 1.25 bits per heavy atom. The van der Waals surface area contributed by atoms with Crippen LogP contribution in [0.15, 0.2) is 17.0 Å². The topological polar surface area (TPSA) is 105 Å². The van der Waals surface area contributed by atoms with E-state index in [0.29, 0.717) is 24.1 Å². The van der Waals surface area contributed by atoms with Gasteiger partial charge in [-0.3, -0.25) is 10.1 Å². The predicted molar refractivity (Wildman–Crippen MR) is 91.7 cm³/mol. The number of aryl methyl sites for hydroxylation is 2. The average Bonchev–Trinajstić information content (AvgIpc) is 2.52. The maximum atomic E-state index is 12.4. The molecule has 0 saturated carbocycles. The Morgan fingerprint density at radius 2 is 1.92 bits per heavy atom. The minimum atomic E-state index is -3.75. The molecule has 0 unspecified atom stereocenters. The highest BCUT2D eigenvalue weighted by Crippen LogP contribution is 2.25. The summed E-state index contributed by atoms with van der Waals surface area (Å²) in [4.78, 5) is 12.7. The first-order chi connectivity index (χ1) is 11.3. The molecule has 0 aromatic heterocycles. The van der Waals surface area contributed by atoms with Crippen molar-refractivity contribution in [3.8, 4) is 0 Å². The third-order valence-corrected chi connectivity index (χ3v) is 5.74. The van der Waals surface area contributed by atoms with Gasteiger partial charge in [0.05, 0.1) is 9.82 Å². The average molecular weight is 356 g/mol. The molecule has 1 saturated heterocycles. The van der Waals surface area contributed by atoms with Gasteiger partial charge < -0.3 is 10.2 Å². The number of nitro groups is 1. The van der Waals surface area contributed by atoms with Gasteiger partial charge in [-0.15, -0.1) is 0 Å². The van der Waals surface area contributed by atoms with Crippen molar-refractivity contribution in [2.24, 2.45) is 0 Å². The first-order valence-corrected chi connectivity index (χ1v) is 9.48. The van der Waals surface area contributed by atoms with Crippen LogP contribution in [0, 0.1) is 24.0 Å². The molecule has 134 valence electrons. The summed E-state index contributed by atoms with van der Waals surface area (Å²) in [6, 6.07) is 2.68. The maximum Gasteiger partial charge on any atom is 0.273 e. The molecule has 0 spiro atoms. The van der Waals surface area contributed by atoms with E-state index in [1.54, 1.807) is 13.8 Å². The molecule has 0 bridgehead atoms. The van der Waals surface area contributed by atoms with Gasteiger partial charge in [0.2, 0.25) is 10.0 Å². The van der Waals surface area contributed by atoms with E-state index < -0.39 is 14.9 Å². The summed E-state index contributed by atoms with van der Waals surface area (Å²) >= 11 is 0. The standard InChI is InChI=1S/C15H24N4O4S/c1-12-10-13(2)15(11-14(12)19(20)21)24(22,23)17-4-3-7-18-8-5-16-6-9-18/h10-11,16-17H,3-9H2,1-2H3. The Kier molecular flexibility index (Phi) is 6.27. The third kappa shape index (κ3) is 4.73. The molecule has 24 heavy (non-hydrogen) atoms. The van der Waals surface area contributed by atoms with E-state index in [4.69, 9.17) is 0 Å². The molecule has 1 aromatic carbocycles. The minimum absolute atomic E-state index is 0.0260. The van der Waals surface area contributed by atoms with Crippen LogP contribution in [-0.2, 0) is 10.0 Å².